The Labute approximate surface area is 129 Å². The molecule has 0 spiro atoms. The van der Waals surface area contributed by atoms with E-state index in [1.807, 2.05) is 6.92 Å². The first-order valence-corrected chi connectivity index (χ1v) is 7.05. The topological polar surface area (TPSA) is 112 Å². The van der Waals surface area contributed by atoms with Gasteiger partial charge in [-0.1, -0.05) is 5.92 Å². The number of hydrogen-bond acceptors (Lipinski definition) is 5. The van der Waals surface area contributed by atoms with Crippen molar-refractivity contribution in [2.75, 3.05) is 13.1 Å². The summed E-state index contributed by atoms with van der Waals surface area (Å²) in [5.41, 5.74) is -0.450. The normalized spacial score (nSPS) is 15.3. The first-order valence-electron chi connectivity index (χ1n) is 7.05. The number of carbonyl (C=O) groups excluding carboxylic acids is 3. The van der Waals surface area contributed by atoms with Crippen LogP contribution in [0.2, 0.25) is 0 Å². The Balaban J connectivity index is 2.44. The van der Waals surface area contributed by atoms with E-state index in [9.17, 15) is 14.4 Å². The average Bonchev–Trinajstić information content (AvgIpc) is 3.19. The number of hydrogen-bond donors (Lipinski definition) is 3. The number of carbonyl (C=O) groups is 3. The monoisotopic (exact) mass is 307 g/mol. The summed E-state index contributed by atoms with van der Waals surface area (Å²) < 4.78 is 0. The van der Waals surface area contributed by atoms with Crippen molar-refractivity contribution >= 4 is 17.7 Å². The third-order valence-corrected chi connectivity index (χ3v) is 3.09. The van der Waals surface area contributed by atoms with Crippen molar-refractivity contribution < 1.29 is 14.4 Å². The lowest BCUT2D eigenvalue weighted by Gasteiger charge is -2.18. The smallest absolute Gasteiger partial charge is 0.243 e. The summed E-state index contributed by atoms with van der Waals surface area (Å²) in [5, 5.41) is 15.4. The van der Waals surface area contributed by atoms with Crippen LogP contribution in [0.15, 0.2) is 10.2 Å². The molecule has 22 heavy (non-hydrogen) atoms. The van der Waals surface area contributed by atoms with E-state index in [1.165, 1.54) is 6.92 Å². The Hall–Kier alpha value is -2.43. The maximum atomic E-state index is 12.0. The molecule has 3 amide bonds. The third kappa shape index (κ3) is 6.83. The molecule has 0 saturated heterocycles. The molecule has 1 rings (SSSR count). The molecule has 1 atom stereocenters. The molecular formula is C14H21N5O3. The largest absolute Gasteiger partial charge is 0.356 e. The lowest BCUT2D eigenvalue weighted by Crippen LogP contribution is -2.48. The molecule has 0 aromatic heterocycles. The van der Waals surface area contributed by atoms with E-state index in [1.54, 1.807) is 0 Å². The van der Waals surface area contributed by atoms with E-state index in [2.05, 4.69) is 32.1 Å². The molecule has 0 saturated carbocycles. The predicted octanol–water partition coefficient (Wildman–Crippen LogP) is -0.291. The van der Waals surface area contributed by atoms with Gasteiger partial charge in [0.15, 0.2) is 5.66 Å². The standard InChI is InChI=1S/C14H21N5O3/c1-4-8-16-13(22)11(6-9-15-10(2)20)17-12(21)5-7-14(3)18-19-14/h1,11H,5-9H2,2-3H3,(H,15,20)(H,16,22)(H,17,21)/t11-/m0/s1. The fraction of sp³-hybridized carbons (Fsp3) is 0.643. The van der Waals surface area contributed by atoms with E-state index in [4.69, 9.17) is 6.42 Å². The zero-order valence-corrected chi connectivity index (χ0v) is 12.8. The van der Waals surface area contributed by atoms with Crippen molar-refractivity contribution in [1.82, 2.24) is 16.0 Å². The lowest BCUT2D eigenvalue weighted by molar-refractivity contribution is -0.129. The summed E-state index contributed by atoms with van der Waals surface area (Å²) >= 11 is 0. The van der Waals surface area contributed by atoms with Gasteiger partial charge in [-0.2, -0.15) is 10.2 Å². The molecule has 0 aromatic carbocycles. The molecule has 1 aliphatic heterocycles. The quantitative estimate of drug-likeness (QED) is 0.509. The van der Waals surface area contributed by atoms with E-state index in [0.717, 1.165) is 0 Å². The van der Waals surface area contributed by atoms with E-state index in [0.29, 0.717) is 6.42 Å². The number of nitrogens with one attached hydrogen (secondary N) is 3. The Morgan fingerprint density at radius 2 is 1.95 bits per heavy atom. The number of rotatable bonds is 9. The van der Waals surface area contributed by atoms with Gasteiger partial charge in [0.25, 0.3) is 0 Å². The van der Waals surface area contributed by atoms with Crippen LogP contribution >= 0.6 is 0 Å². The van der Waals surface area contributed by atoms with Crippen molar-refractivity contribution in [3.63, 3.8) is 0 Å². The fourth-order valence-electron chi connectivity index (χ4n) is 1.72. The second-order valence-corrected chi connectivity index (χ2v) is 5.23. The van der Waals surface area contributed by atoms with E-state index >= 15 is 0 Å². The molecule has 0 aliphatic carbocycles. The Morgan fingerprint density at radius 1 is 1.27 bits per heavy atom. The highest BCUT2D eigenvalue weighted by molar-refractivity contribution is 5.87. The van der Waals surface area contributed by atoms with E-state index < -0.39 is 11.7 Å². The summed E-state index contributed by atoms with van der Waals surface area (Å²) in [6.07, 6.45) is 6.10. The number of amides is 3. The van der Waals surface area contributed by atoms with Crippen LogP contribution in [0, 0.1) is 12.3 Å². The van der Waals surface area contributed by atoms with Gasteiger partial charge in [-0.25, -0.2) is 0 Å². The minimum Gasteiger partial charge on any atom is -0.356 e. The third-order valence-electron chi connectivity index (χ3n) is 3.09. The molecule has 8 nitrogen and oxygen atoms in total. The number of terminal acetylenes is 1. The molecule has 0 radical (unpaired) electrons. The van der Waals surface area contributed by atoms with Crippen LogP contribution in [0.3, 0.4) is 0 Å². The van der Waals surface area contributed by atoms with Crippen molar-refractivity contribution in [2.45, 2.75) is 44.8 Å². The summed E-state index contributed by atoms with van der Waals surface area (Å²) in [4.78, 5) is 34.7. The van der Waals surface area contributed by atoms with Gasteiger partial charge in [-0.3, -0.25) is 14.4 Å². The average molecular weight is 307 g/mol. The number of nitrogens with zero attached hydrogens (tertiary/aromatic N) is 2. The molecule has 0 unspecified atom stereocenters. The van der Waals surface area contributed by atoms with Crippen molar-refractivity contribution in [1.29, 1.82) is 0 Å². The second kappa shape index (κ2) is 8.12. The maximum Gasteiger partial charge on any atom is 0.243 e. The van der Waals surface area contributed by atoms with Crippen LogP contribution < -0.4 is 16.0 Å². The minimum absolute atomic E-state index is 0.0845. The summed E-state index contributed by atoms with van der Waals surface area (Å²) in [6, 6.07) is -0.742. The predicted molar refractivity (Wildman–Crippen MR) is 79.6 cm³/mol. The van der Waals surface area contributed by atoms with Crippen molar-refractivity contribution in [2.24, 2.45) is 10.2 Å². The molecule has 0 fully saturated rings. The summed E-state index contributed by atoms with van der Waals surface area (Å²) in [5.74, 6) is 1.47. The highest BCUT2D eigenvalue weighted by Crippen LogP contribution is 2.31. The Morgan fingerprint density at radius 3 is 2.50 bits per heavy atom. The van der Waals surface area contributed by atoms with Crippen LogP contribution in [0.1, 0.15) is 33.1 Å². The van der Waals surface area contributed by atoms with Gasteiger partial charge in [0.1, 0.15) is 6.04 Å². The van der Waals surface area contributed by atoms with Gasteiger partial charge in [0.2, 0.25) is 17.7 Å². The molecule has 1 aliphatic rings. The minimum atomic E-state index is -0.742. The van der Waals surface area contributed by atoms with Crippen molar-refractivity contribution in [3.05, 3.63) is 0 Å². The van der Waals surface area contributed by atoms with Crippen molar-refractivity contribution in [3.8, 4) is 12.3 Å². The fourth-order valence-corrected chi connectivity index (χ4v) is 1.72. The van der Waals surface area contributed by atoms with Gasteiger partial charge < -0.3 is 16.0 Å². The highest BCUT2D eigenvalue weighted by atomic mass is 16.2. The first kappa shape index (κ1) is 17.6. The summed E-state index contributed by atoms with van der Waals surface area (Å²) in [6.45, 7) is 3.58. The zero-order valence-electron chi connectivity index (χ0n) is 12.8. The van der Waals surface area contributed by atoms with Crippen LogP contribution in [0.4, 0.5) is 0 Å². The van der Waals surface area contributed by atoms with Crippen LogP contribution in [-0.4, -0.2) is 42.5 Å². The molecule has 3 N–H and O–H groups in total. The SMILES string of the molecule is C#CCNC(=O)[C@H](CCNC(C)=O)NC(=O)CCC1(C)N=N1. The molecule has 0 bridgehead atoms. The molecule has 120 valence electrons. The molecule has 1 heterocycles. The van der Waals surface area contributed by atoms with Gasteiger partial charge in [0, 0.05) is 26.3 Å². The van der Waals surface area contributed by atoms with Crippen LogP contribution in [0.25, 0.3) is 0 Å². The molecule has 0 aromatic rings. The Bertz CT molecular complexity index is 503. The van der Waals surface area contributed by atoms with Crippen LogP contribution in [-0.2, 0) is 14.4 Å². The van der Waals surface area contributed by atoms with Gasteiger partial charge in [-0.05, 0) is 13.3 Å². The molecular weight excluding hydrogens is 286 g/mol. The van der Waals surface area contributed by atoms with Gasteiger partial charge in [0.05, 0.1) is 6.54 Å². The summed E-state index contributed by atoms with van der Waals surface area (Å²) in [7, 11) is 0. The molecule has 8 heteroatoms. The first-order chi connectivity index (χ1) is 10.4. The lowest BCUT2D eigenvalue weighted by atomic mass is 10.1. The van der Waals surface area contributed by atoms with Crippen LogP contribution in [0.5, 0.6) is 0 Å². The van der Waals surface area contributed by atoms with Gasteiger partial charge in [-0.15, -0.1) is 6.42 Å². The Kier molecular flexibility index (Phi) is 6.50. The zero-order chi connectivity index (χ0) is 16.6. The van der Waals surface area contributed by atoms with Gasteiger partial charge >= 0.3 is 0 Å². The second-order valence-electron chi connectivity index (χ2n) is 5.23. The maximum absolute atomic E-state index is 12.0. The van der Waals surface area contributed by atoms with E-state index in [-0.39, 0.29) is 43.7 Å². The highest BCUT2D eigenvalue weighted by Gasteiger charge is 2.34.